The molecule has 12 heavy (non-hydrogen) atoms. The SMILES string of the molecule is CO[Si](OC)(OC)OCCCS. The van der Waals surface area contributed by atoms with Crippen molar-refractivity contribution in [1.29, 1.82) is 0 Å². The van der Waals surface area contributed by atoms with E-state index in [1.807, 2.05) is 0 Å². The minimum Gasteiger partial charge on any atom is -0.355 e. The molecule has 4 nitrogen and oxygen atoms in total. The van der Waals surface area contributed by atoms with Gasteiger partial charge in [-0.1, -0.05) is 0 Å². The van der Waals surface area contributed by atoms with Crippen molar-refractivity contribution in [1.82, 2.24) is 0 Å². The van der Waals surface area contributed by atoms with E-state index in [0.717, 1.165) is 12.2 Å². The molecule has 0 spiro atoms. The van der Waals surface area contributed by atoms with E-state index >= 15 is 0 Å². The fourth-order valence-electron chi connectivity index (χ4n) is 0.688. The highest BCUT2D eigenvalue weighted by molar-refractivity contribution is 7.80. The third kappa shape index (κ3) is 3.88. The molecule has 0 amide bonds. The van der Waals surface area contributed by atoms with Crippen molar-refractivity contribution < 1.29 is 17.7 Å². The minimum absolute atomic E-state index is 0.547. The van der Waals surface area contributed by atoms with Gasteiger partial charge in [0.15, 0.2) is 0 Å². The lowest BCUT2D eigenvalue weighted by Crippen LogP contribution is -2.46. The van der Waals surface area contributed by atoms with E-state index in [2.05, 4.69) is 12.6 Å². The fourth-order valence-corrected chi connectivity index (χ4v) is 2.07. The molecule has 0 atom stereocenters. The first-order chi connectivity index (χ1) is 5.74. The second-order valence-electron chi connectivity index (χ2n) is 2.04. The highest BCUT2D eigenvalue weighted by Crippen LogP contribution is 2.07. The van der Waals surface area contributed by atoms with Crippen LogP contribution in [-0.4, -0.2) is 42.7 Å². The Labute approximate surface area is 80.0 Å². The third-order valence-corrected chi connectivity index (χ3v) is 3.71. The van der Waals surface area contributed by atoms with Crippen LogP contribution in [-0.2, 0) is 17.7 Å². The van der Waals surface area contributed by atoms with Gasteiger partial charge in [0.25, 0.3) is 0 Å². The summed E-state index contributed by atoms with van der Waals surface area (Å²) in [7, 11) is 1.75. The van der Waals surface area contributed by atoms with Crippen LogP contribution in [0.1, 0.15) is 6.42 Å². The first kappa shape index (κ1) is 12.4. The first-order valence-electron chi connectivity index (χ1n) is 3.65. The van der Waals surface area contributed by atoms with E-state index in [4.69, 9.17) is 17.7 Å². The van der Waals surface area contributed by atoms with E-state index in [1.165, 1.54) is 21.3 Å². The van der Waals surface area contributed by atoms with Crippen LogP contribution in [0.2, 0.25) is 0 Å². The van der Waals surface area contributed by atoms with Gasteiger partial charge in [-0.3, -0.25) is 0 Å². The molecule has 0 aliphatic heterocycles. The van der Waals surface area contributed by atoms with Crippen molar-refractivity contribution in [3.8, 4) is 0 Å². The zero-order valence-corrected chi connectivity index (χ0v) is 9.60. The number of rotatable bonds is 7. The molecule has 0 aliphatic carbocycles. The molecule has 0 bridgehead atoms. The predicted molar refractivity (Wildman–Crippen MR) is 51.2 cm³/mol. The molecule has 0 saturated heterocycles. The zero-order valence-electron chi connectivity index (χ0n) is 7.70. The molecule has 0 radical (unpaired) electrons. The molecule has 74 valence electrons. The summed E-state index contributed by atoms with van der Waals surface area (Å²) in [6, 6.07) is 0. The van der Waals surface area contributed by atoms with Gasteiger partial charge in [0.05, 0.1) is 0 Å². The fraction of sp³-hybridized carbons (Fsp3) is 1.00. The summed E-state index contributed by atoms with van der Waals surface area (Å²) in [5.41, 5.74) is 0. The Hall–Kier alpha value is 0.407. The van der Waals surface area contributed by atoms with E-state index in [9.17, 15) is 0 Å². The van der Waals surface area contributed by atoms with Gasteiger partial charge < -0.3 is 17.7 Å². The topological polar surface area (TPSA) is 36.9 Å². The van der Waals surface area contributed by atoms with Crippen molar-refractivity contribution in [3.05, 3.63) is 0 Å². The maximum atomic E-state index is 5.34. The monoisotopic (exact) mass is 212 g/mol. The molecule has 0 rings (SSSR count). The van der Waals surface area contributed by atoms with Crippen LogP contribution in [0, 0.1) is 0 Å². The smallest absolute Gasteiger partial charge is 0.355 e. The Balaban J connectivity index is 3.76. The number of thiol groups is 1. The highest BCUT2D eigenvalue weighted by atomic mass is 32.1. The maximum Gasteiger partial charge on any atom is 0.678 e. The second-order valence-corrected chi connectivity index (χ2v) is 5.00. The van der Waals surface area contributed by atoms with Crippen LogP contribution in [0.15, 0.2) is 0 Å². The van der Waals surface area contributed by atoms with Gasteiger partial charge in [-0.2, -0.15) is 12.6 Å². The quantitative estimate of drug-likeness (QED) is 0.383. The number of hydrogen-bond acceptors (Lipinski definition) is 5. The van der Waals surface area contributed by atoms with Gasteiger partial charge in [0.1, 0.15) is 0 Å². The van der Waals surface area contributed by atoms with Gasteiger partial charge in [0.2, 0.25) is 0 Å². The Kier molecular flexibility index (Phi) is 7.11. The van der Waals surface area contributed by atoms with E-state index in [1.54, 1.807) is 0 Å². The van der Waals surface area contributed by atoms with Gasteiger partial charge in [0, 0.05) is 27.9 Å². The Morgan fingerprint density at radius 3 is 1.92 bits per heavy atom. The minimum atomic E-state index is -2.79. The largest absolute Gasteiger partial charge is 0.678 e. The van der Waals surface area contributed by atoms with Crippen LogP contribution in [0.5, 0.6) is 0 Å². The van der Waals surface area contributed by atoms with Gasteiger partial charge >= 0.3 is 9.05 Å². The van der Waals surface area contributed by atoms with E-state index in [-0.39, 0.29) is 0 Å². The average Bonchev–Trinajstić information content (AvgIpc) is 2.14. The van der Waals surface area contributed by atoms with Gasteiger partial charge in [-0.25, -0.2) is 0 Å². The molecule has 0 fully saturated rings. The molecule has 6 heteroatoms. The van der Waals surface area contributed by atoms with E-state index < -0.39 is 9.05 Å². The van der Waals surface area contributed by atoms with Crippen molar-refractivity contribution in [3.63, 3.8) is 0 Å². The van der Waals surface area contributed by atoms with Gasteiger partial charge in [-0.15, -0.1) is 0 Å². The molecular weight excluding hydrogens is 196 g/mol. The number of hydrogen-bond donors (Lipinski definition) is 1. The lowest BCUT2D eigenvalue weighted by atomic mass is 10.5. The van der Waals surface area contributed by atoms with Crippen LogP contribution >= 0.6 is 12.6 Å². The van der Waals surface area contributed by atoms with Crippen molar-refractivity contribution >= 4 is 21.7 Å². The lowest BCUT2D eigenvalue weighted by Gasteiger charge is -2.22. The summed E-state index contributed by atoms with van der Waals surface area (Å²) in [4.78, 5) is 0. The Morgan fingerprint density at radius 2 is 1.58 bits per heavy atom. The summed E-state index contributed by atoms with van der Waals surface area (Å²) in [5, 5.41) is 0. The second kappa shape index (κ2) is 6.87. The molecule has 0 N–H and O–H groups in total. The molecule has 0 aromatic heterocycles. The highest BCUT2D eigenvalue weighted by Gasteiger charge is 2.41. The molecule has 0 aromatic rings. The molecule has 0 heterocycles. The maximum absolute atomic E-state index is 5.34. The molecule has 0 unspecified atom stereocenters. The standard InChI is InChI=1S/C6H16O4SSi/c1-7-12(8-2,9-3)10-5-4-6-11/h11H,4-6H2,1-3H3. The Morgan fingerprint density at radius 1 is 1.08 bits per heavy atom. The van der Waals surface area contributed by atoms with Crippen molar-refractivity contribution in [2.75, 3.05) is 33.7 Å². The summed E-state index contributed by atoms with van der Waals surface area (Å²) in [5.74, 6) is 0.779. The normalized spacial score (nSPS) is 12.0. The average molecular weight is 212 g/mol. The van der Waals surface area contributed by atoms with E-state index in [0.29, 0.717) is 6.61 Å². The van der Waals surface area contributed by atoms with Crippen molar-refractivity contribution in [2.45, 2.75) is 6.42 Å². The zero-order chi connectivity index (χ0) is 9.45. The summed E-state index contributed by atoms with van der Waals surface area (Å²) in [6.45, 7) is 0.547. The van der Waals surface area contributed by atoms with Crippen LogP contribution in [0.3, 0.4) is 0 Å². The molecule has 0 aromatic carbocycles. The summed E-state index contributed by atoms with van der Waals surface area (Å²) < 4.78 is 20.4. The van der Waals surface area contributed by atoms with Crippen LogP contribution < -0.4 is 0 Å². The summed E-state index contributed by atoms with van der Waals surface area (Å²) >= 11 is 4.05. The van der Waals surface area contributed by atoms with Crippen LogP contribution in [0.25, 0.3) is 0 Å². The van der Waals surface area contributed by atoms with Crippen molar-refractivity contribution in [2.24, 2.45) is 0 Å². The lowest BCUT2D eigenvalue weighted by molar-refractivity contribution is 0.00629. The van der Waals surface area contributed by atoms with Crippen LogP contribution in [0.4, 0.5) is 0 Å². The predicted octanol–water partition coefficient (Wildman–Crippen LogP) is 0.698. The van der Waals surface area contributed by atoms with Gasteiger partial charge in [-0.05, 0) is 12.2 Å². The molecular formula is C6H16O4SSi. The third-order valence-electron chi connectivity index (χ3n) is 1.33. The Bertz CT molecular complexity index is 101. The first-order valence-corrected chi connectivity index (χ1v) is 5.91. The molecule has 0 saturated carbocycles. The summed E-state index contributed by atoms with van der Waals surface area (Å²) in [6.07, 6.45) is 0.855. The molecule has 0 aliphatic rings.